The number of amides is 1. The standard InChI is InChI=1S/C17H20FN3O3S/c1-3-16(17(22)20-12-14-6-4-5-11-19-14)21(25(2,23)24)15-9-7-13(18)8-10-15/h4-11,16H,3,12H2,1-2H3,(H,20,22)/t16-/m1/s1. The van der Waals surface area contributed by atoms with Crippen LogP contribution in [0.1, 0.15) is 19.0 Å². The van der Waals surface area contributed by atoms with Crippen molar-refractivity contribution in [3.63, 3.8) is 0 Å². The molecule has 0 spiro atoms. The Labute approximate surface area is 146 Å². The van der Waals surface area contributed by atoms with Gasteiger partial charge < -0.3 is 5.32 Å². The fourth-order valence-electron chi connectivity index (χ4n) is 2.45. The molecule has 8 heteroatoms. The number of rotatable bonds is 7. The van der Waals surface area contributed by atoms with Gasteiger partial charge in [-0.2, -0.15) is 0 Å². The van der Waals surface area contributed by atoms with Crippen LogP contribution in [0.2, 0.25) is 0 Å². The van der Waals surface area contributed by atoms with Gasteiger partial charge in [-0.05, 0) is 42.8 Å². The van der Waals surface area contributed by atoms with E-state index >= 15 is 0 Å². The number of aromatic nitrogens is 1. The number of halogens is 1. The molecule has 1 aromatic carbocycles. The van der Waals surface area contributed by atoms with Crippen LogP contribution in [0.3, 0.4) is 0 Å². The van der Waals surface area contributed by atoms with E-state index in [4.69, 9.17) is 0 Å². The lowest BCUT2D eigenvalue weighted by Gasteiger charge is -2.30. The molecule has 1 N–H and O–H groups in total. The molecule has 2 rings (SSSR count). The third-order valence-electron chi connectivity index (χ3n) is 3.58. The molecule has 0 aliphatic carbocycles. The zero-order valence-corrected chi connectivity index (χ0v) is 14.8. The number of nitrogens with zero attached hydrogens (tertiary/aromatic N) is 2. The summed E-state index contributed by atoms with van der Waals surface area (Å²) < 4.78 is 38.6. The summed E-state index contributed by atoms with van der Waals surface area (Å²) in [6.07, 6.45) is 2.89. The first-order chi connectivity index (χ1) is 11.8. The van der Waals surface area contributed by atoms with Gasteiger partial charge in [-0.15, -0.1) is 0 Å². The quantitative estimate of drug-likeness (QED) is 0.815. The molecule has 1 aromatic heterocycles. The molecule has 0 aliphatic heterocycles. The lowest BCUT2D eigenvalue weighted by Crippen LogP contribution is -2.49. The molecule has 25 heavy (non-hydrogen) atoms. The predicted molar refractivity (Wildman–Crippen MR) is 93.9 cm³/mol. The summed E-state index contributed by atoms with van der Waals surface area (Å²) in [4.78, 5) is 16.7. The summed E-state index contributed by atoms with van der Waals surface area (Å²) in [5.74, 6) is -0.923. The largest absolute Gasteiger partial charge is 0.349 e. The average Bonchev–Trinajstić information content (AvgIpc) is 2.58. The van der Waals surface area contributed by atoms with E-state index in [1.807, 2.05) is 0 Å². The molecular formula is C17H20FN3O3S. The van der Waals surface area contributed by atoms with Crippen LogP contribution in [0.5, 0.6) is 0 Å². The van der Waals surface area contributed by atoms with E-state index < -0.39 is 27.8 Å². The van der Waals surface area contributed by atoms with Crippen LogP contribution in [-0.4, -0.2) is 31.6 Å². The Morgan fingerprint density at radius 3 is 2.44 bits per heavy atom. The molecule has 134 valence electrons. The molecule has 2 aromatic rings. The van der Waals surface area contributed by atoms with Gasteiger partial charge >= 0.3 is 0 Å². The van der Waals surface area contributed by atoms with Crippen LogP contribution in [0.25, 0.3) is 0 Å². The summed E-state index contributed by atoms with van der Waals surface area (Å²) in [6, 6.07) is 9.38. The Morgan fingerprint density at radius 2 is 1.92 bits per heavy atom. The summed E-state index contributed by atoms with van der Waals surface area (Å²) in [5, 5.41) is 2.70. The van der Waals surface area contributed by atoms with E-state index in [-0.39, 0.29) is 18.7 Å². The molecule has 6 nitrogen and oxygen atoms in total. The molecule has 1 atom stereocenters. The molecule has 0 saturated heterocycles. The Morgan fingerprint density at radius 1 is 1.24 bits per heavy atom. The van der Waals surface area contributed by atoms with E-state index in [0.717, 1.165) is 22.7 Å². The first-order valence-electron chi connectivity index (χ1n) is 7.75. The molecule has 1 heterocycles. The average molecular weight is 365 g/mol. The zero-order valence-electron chi connectivity index (χ0n) is 14.0. The van der Waals surface area contributed by atoms with Gasteiger partial charge in [-0.25, -0.2) is 12.8 Å². The lowest BCUT2D eigenvalue weighted by molar-refractivity contribution is -0.122. The Kier molecular flexibility index (Phi) is 6.08. The van der Waals surface area contributed by atoms with Crippen LogP contribution in [0.15, 0.2) is 48.7 Å². The highest BCUT2D eigenvalue weighted by Crippen LogP contribution is 2.22. The minimum atomic E-state index is -3.74. The van der Waals surface area contributed by atoms with Crippen LogP contribution in [-0.2, 0) is 21.4 Å². The molecule has 0 unspecified atom stereocenters. The maximum atomic E-state index is 13.1. The van der Waals surface area contributed by atoms with E-state index in [0.29, 0.717) is 5.69 Å². The second-order valence-electron chi connectivity index (χ2n) is 5.50. The lowest BCUT2D eigenvalue weighted by atomic mass is 10.2. The van der Waals surface area contributed by atoms with Gasteiger partial charge in [0.05, 0.1) is 24.2 Å². The van der Waals surface area contributed by atoms with Gasteiger partial charge in [0.25, 0.3) is 0 Å². The summed E-state index contributed by atoms with van der Waals surface area (Å²) in [7, 11) is -3.74. The Bertz CT molecular complexity index is 811. The normalized spacial score (nSPS) is 12.4. The van der Waals surface area contributed by atoms with Gasteiger partial charge in [-0.1, -0.05) is 13.0 Å². The number of hydrogen-bond acceptors (Lipinski definition) is 4. The van der Waals surface area contributed by atoms with Crippen LogP contribution in [0, 0.1) is 5.82 Å². The van der Waals surface area contributed by atoms with Crippen LogP contribution in [0.4, 0.5) is 10.1 Å². The van der Waals surface area contributed by atoms with Crippen LogP contribution >= 0.6 is 0 Å². The first kappa shape index (κ1) is 18.9. The SMILES string of the molecule is CC[C@H](C(=O)NCc1ccccn1)N(c1ccc(F)cc1)S(C)(=O)=O. The fraction of sp³-hybridized carbons (Fsp3) is 0.294. The van der Waals surface area contributed by atoms with Crippen molar-refractivity contribution in [2.45, 2.75) is 25.9 Å². The van der Waals surface area contributed by atoms with Crippen molar-refractivity contribution in [3.05, 3.63) is 60.2 Å². The van der Waals surface area contributed by atoms with Crippen LogP contribution < -0.4 is 9.62 Å². The second-order valence-corrected chi connectivity index (χ2v) is 7.36. The topological polar surface area (TPSA) is 79.4 Å². The van der Waals surface area contributed by atoms with E-state index in [9.17, 15) is 17.6 Å². The zero-order chi connectivity index (χ0) is 18.4. The number of pyridine rings is 1. The molecule has 0 radical (unpaired) electrons. The van der Waals surface area contributed by atoms with Crippen molar-refractivity contribution in [2.75, 3.05) is 10.6 Å². The number of nitrogens with one attached hydrogen (secondary N) is 1. The number of carbonyl (C=O) groups excluding carboxylic acids is 1. The van der Waals surface area contributed by atoms with Crippen molar-refractivity contribution >= 4 is 21.6 Å². The number of sulfonamides is 1. The van der Waals surface area contributed by atoms with Gasteiger partial charge in [0, 0.05) is 6.20 Å². The maximum absolute atomic E-state index is 13.1. The molecule has 0 bridgehead atoms. The fourth-order valence-corrected chi connectivity index (χ4v) is 3.66. The van der Waals surface area contributed by atoms with E-state index in [2.05, 4.69) is 10.3 Å². The minimum Gasteiger partial charge on any atom is -0.349 e. The predicted octanol–water partition coefficient (Wildman–Crippen LogP) is 2.08. The van der Waals surface area contributed by atoms with Gasteiger partial charge in [-0.3, -0.25) is 14.1 Å². The van der Waals surface area contributed by atoms with E-state index in [1.54, 1.807) is 31.3 Å². The van der Waals surface area contributed by atoms with Crippen molar-refractivity contribution < 1.29 is 17.6 Å². The Hall–Kier alpha value is -2.48. The maximum Gasteiger partial charge on any atom is 0.244 e. The highest BCUT2D eigenvalue weighted by atomic mass is 32.2. The number of hydrogen-bond donors (Lipinski definition) is 1. The summed E-state index contributed by atoms with van der Waals surface area (Å²) in [5.41, 5.74) is 0.905. The number of benzene rings is 1. The van der Waals surface area contributed by atoms with Crippen molar-refractivity contribution in [1.82, 2.24) is 10.3 Å². The third kappa shape index (κ3) is 4.99. The second kappa shape index (κ2) is 8.06. The van der Waals surface area contributed by atoms with Crippen molar-refractivity contribution in [2.24, 2.45) is 0 Å². The first-order valence-corrected chi connectivity index (χ1v) is 9.60. The highest BCUT2D eigenvalue weighted by molar-refractivity contribution is 7.92. The molecule has 0 fully saturated rings. The Balaban J connectivity index is 2.23. The molecule has 0 aliphatic rings. The monoisotopic (exact) mass is 365 g/mol. The third-order valence-corrected chi connectivity index (χ3v) is 4.76. The number of anilines is 1. The van der Waals surface area contributed by atoms with Crippen molar-refractivity contribution in [3.8, 4) is 0 Å². The molecule has 0 saturated carbocycles. The van der Waals surface area contributed by atoms with Gasteiger partial charge in [0.2, 0.25) is 15.9 Å². The molecule has 1 amide bonds. The minimum absolute atomic E-state index is 0.192. The van der Waals surface area contributed by atoms with E-state index in [1.165, 1.54) is 12.1 Å². The smallest absolute Gasteiger partial charge is 0.244 e. The number of carbonyl (C=O) groups is 1. The van der Waals surface area contributed by atoms with Crippen molar-refractivity contribution in [1.29, 1.82) is 0 Å². The molecular weight excluding hydrogens is 345 g/mol. The van der Waals surface area contributed by atoms with Gasteiger partial charge in [0.15, 0.2) is 0 Å². The summed E-state index contributed by atoms with van der Waals surface area (Å²) >= 11 is 0. The highest BCUT2D eigenvalue weighted by Gasteiger charge is 2.31. The van der Waals surface area contributed by atoms with Gasteiger partial charge in [0.1, 0.15) is 11.9 Å². The summed E-state index contributed by atoms with van der Waals surface area (Å²) in [6.45, 7) is 1.91.